The molecule has 1 aromatic rings. The van der Waals surface area contributed by atoms with Gasteiger partial charge in [0.15, 0.2) is 0 Å². The lowest BCUT2D eigenvalue weighted by Gasteiger charge is -2.30. The lowest BCUT2D eigenvalue weighted by Crippen LogP contribution is -2.41. The molecule has 1 aromatic carbocycles. The number of hydrogen-bond donors (Lipinski definition) is 1. The molecule has 2 N–H and O–H groups in total. The molecular formula is C12H13BrN2O2. The normalized spacial score (nSPS) is 20.4. The van der Waals surface area contributed by atoms with Gasteiger partial charge in [-0.15, -0.1) is 0 Å². The van der Waals surface area contributed by atoms with E-state index in [1.165, 1.54) is 0 Å². The van der Waals surface area contributed by atoms with E-state index in [0.29, 0.717) is 12.1 Å². The fourth-order valence-electron chi connectivity index (χ4n) is 1.91. The second kappa shape index (κ2) is 4.87. The molecule has 0 aromatic heterocycles. The van der Waals surface area contributed by atoms with Crippen molar-refractivity contribution in [3.63, 3.8) is 0 Å². The number of rotatable bonds is 2. The Hall–Kier alpha value is -1.36. The molecule has 1 aliphatic rings. The molecule has 5 heteroatoms. The van der Waals surface area contributed by atoms with Gasteiger partial charge in [0.2, 0.25) is 11.8 Å². The van der Waals surface area contributed by atoms with Crippen LogP contribution in [0.4, 0.5) is 5.69 Å². The first-order chi connectivity index (χ1) is 8.09. The van der Waals surface area contributed by atoms with Crippen LogP contribution in [0, 0.1) is 0 Å². The zero-order valence-corrected chi connectivity index (χ0v) is 10.8. The van der Waals surface area contributed by atoms with Gasteiger partial charge in [-0.3, -0.25) is 9.59 Å². The van der Waals surface area contributed by atoms with E-state index in [2.05, 4.69) is 15.9 Å². The van der Waals surface area contributed by atoms with Gasteiger partial charge < -0.3 is 10.6 Å². The number of anilines is 1. The topological polar surface area (TPSA) is 63.4 Å². The molecule has 1 unspecified atom stereocenters. The van der Waals surface area contributed by atoms with Gasteiger partial charge in [-0.25, -0.2) is 0 Å². The smallest absolute Gasteiger partial charge is 0.248 e. The number of nitrogens with zero attached hydrogens (tertiary/aromatic N) is 1. The number of amides is 2. The third-order valence-corrected chi connectivity index (χ3v) is 3.67. The van der Waals surface area contributed by atoms with E-state index >= 15 is 0 Å². The predicted octanol–water partition coefficient (Wildman–Crippen LogP) is 1.68. The first-order valence-corrected chi connectivity index (χ1v) is 6.36. The lowest BCUT2D eigenvalue weighted by molar-refractivity contribution is -0.118. The molecule has 0 bridgehead atoms. The third-order valence-electron chi connectivity index (χ3n) is 2.82. The van der Waals surface area contributed by atoms with E-state index in [-0.39, 0.29) is 10.7 Å². The molecule has 0 spiro atoms. The fourth-order valence-corrected chi connectivity index (χ4v) is 2.49. The van der Waals surface area contributed by atoms with Crippen molar-refractivity contribution in [1.82, 2.24) is 0 Å². The van der Waals surface area contributed by atoms with Gasteiger partial charge in [-0.05, 0) is 31.0 Å². The number of carbonyl (C=O) groups excluding carboxylic acids is 2. The zero-order chi connectivity index (χ0) is 12.4. The maximum Gasteiger partial charge on any atom is 0.248 e. The molecule has 1 saturated heterocycles. The SMILES string of the molecule is NC(=O)c1cccc(N2CCCC(Br)C2=O)c1. The highest BCUT2D eigenvalue weighted by Gasteiger charge is 2.27. The van der Waals surface area contributed by atoms with E-state index < -0.39 is 5.91 Å². The van der Waals surface area contributed by atoms with Crippen molar-refractivity contribution in [1.29, 1.82) is 0 Å². The van der Waals surface area contributed by atoms with Crippen LogP contribution in [0.5, 0.6) is 0 Å². The molecule has 90 valence electrons. The van der Waals surface area contributed by atoms with E-state index in [4.69, 9.17) is 5.73 Å². The number of piperidine rings is 1. The highest BCUT2D eigenvalue weighted by Crippen LogP contribution is 2.25. The number of primary amides is 1. The number of benzene rings is 1. The van der Waals surface area contributed by atoms with Crippen molar-refractivity contribution in [3.8, 4) is 0 Å². The molecule has 4 nitrogen and oxygen atoms in total. The summed E-state index contributed by atoms with van der Waals surface area (Å²) >= 11 is 3.36. The Labute approximate surface area is 108 Å². The summed E-state index contributed by atoms with van der Waals surface area (Å²) in [6, 6.07) is 6.85. The first kappa shape index (κ1) is 12.1. The molecule has 0 radical (unpaired) electrons. The van der Waals surface area contributed by atoms with Crippen LogP contribution in [-0.4, -0.2) is 23.2 Å². The fraction of sp³-hybridized carbons (Fsp3) is 0.333. The van der Waals surface area contributed by atoms with Gasteiger partial charge in [0.1, 0.15) is 0 Å². The molecule has 17 heavy (non-hydrogen) atoms. The number of carbonyl (C=O) groups is 2. The number of hydrogen-bond acceptors (Lipinski definition) is 2. The summed E-state index contributed by atoms with van der Waals surface area (Å²) < 4.78 is 0. The molecule has 0 aliphatic carbocycles. The summed E-state index contributed by atoms with van der Waals surface area (Å²) in [5, 5.41) is 0. The molecule has 0 saturated carbocycles. The maximum absolute atomic E-state index is 12.0. The van der Waals surface area contributed by atoms with Crippen molar-refractivity contribution < 1.29 is 9.59 Å². The Bertz CT molecular complexity index is 462. The predicted molar refractivity (Wildman–Crippen MR) is 69.3 cm³/mol. The highest BCUT2D eigenvalue weighted by atomic mass is 79.9. The van der Waals surface area contributed by atoms with Gasteiger partial charge in [0.25, 0.3) is 0 Å². The minimum absolute atomic E-state index is 0.0397. The Morgan fingerprint density at radius 3 is 2.94 bits per heavy atom. The standard InChI is InChI=1S/C12H13BrN2O2/c13-10-5-2-6-15(12(10)17)9-4-1-3-8(7-9)11(14)16/h1,3-4,7,10H,2,5-6H2,(H2,14,16). The van der Waals surface area contributed by atoms with Crippen LogP contribution in [0.25, 0.3) is 0 Å². The van der Waals surface area contributed by atoms with Crippen molar-refractivity contribution in [2.24, 2.45) is 5.73 Å². The second-order valence-corrected chi connectivity index (χ2v) is 5.12. The van der Waals surface area contributed by atoms with Gasteiger partial charge in [-0.1, -0.05) is 22.0 Å². The average molecular weight is 297 g/mol. The molecule has 1 atom stereocenters. The quantitative estimate of drug-likeness (QED) is 0.844. The van der Waals surface area contributed by atoms with Crippen molar-refractivity contribution in [3.05, 3.63) is 29.8 Å². The Morgan fingerprint density at radius 2 is 2.24 bits per heavy atom. The van der Waals surface area contributed by atoms with Crippen molar-refractivity contribution in [2.45, 2.75) is 17.7 Å². The number of nitrogens with two attached hydrogens (primary N) is 1. The molecule has 2 amide bonds. The number of alkyl halides is 1. The molecular weight excluding hydrogens is 284 g/mol. The van der Waals surface area contributed by atoms with Gasteiger partial charge in [-0.2, -0.15) is 0 Å². The molecule has 1 heterocycles. The first-order valence-electron chi connectivity index (χ1n) is 5.45. The number of halogens is 1. The minimum Gasteiger partial charge on any atom is -0.366 e. The Balaban J connectivity index is 2.30. The summed E-state index contributed by atoms with van der Waals surface area (Å²) in [5.74, 6) is -0.440. The summed E-state index contributed by atoms with van der Waals surface area (Å²) in [6.07, 6.45) is 1.80. The van der Waals surface area contributed by atoms with Crippen LogP contribution < -0.4 is 10.6 Å². The summed E-state index contributed by atoms with van der Waals surface area (Å²) in [5.41, 5.74) is 6.38. The van der Waals surface area contributed by atoms with Gasteiger partial charge in [0.05, 0.1) is 4.83 Å². The van der Waals surface area contributed by atoms with E-state index in [9.17, 15) is 9.59 Å². The average Bonchev–Trinajstić information content (AvgIpc) is 2.33. The molecule has 1 aliphatic heterocycles. The summed E-state index contributed by atoms with van der Waals surface area (Å²) in [4.78, 5) is 24.6. The molecule has 1 fully saturated rings. The second-order valence-electron chi connectivity index (χ2n) is 4.01. The van der Waals surface area contributed by atoms with Crippen LogP contribution in [0.1, 0.15) is 23.2 Å². The third kappa shape index (κ3) is 2.49. The summed E-state index contributed by atoms with van der Waals surface area (Å²) in [6.45, 7) is 0.684. The van der Waals surface area contributed by atoms with Crippen LogP contribution in [-0.2, 0) is 4.79 Å². The Morgan fingerprint density at radius 1 is 1.47 bits per heavy atom. The van der Waals surface area contributed by atoms with E-state index in [0.717, 1.165) is 18.5 Å². The molecule has 2 rings (SSSR count). The highest BCUT2D eigenvalue weighted by molar-refractivity contribution is 9.10. The summed E-state index contributed by atoms with van der Waals surface area (Å²) in [7, 11) is 0. The van der Waals surface area contributed by atoms with Crippen LogP contribution in [0.15, 0.2) is 24.3 Å². The van der Waals surface area contributed by atoms with Crippen LogP contribution in [0.3, 0.4) is 0 Å². The van der Waals surface area contributed by atoms with Crippen LogP contribution >= 0.6 is 15.9 Å². The van der Waals surface area contributed by atoms with E-state index in [1.807, 2.05) is 6.07 Å². The zero-order valence-electron chi connectivity index (χ0n) is 9.23. The minimum atomic E-state index is -0.480. The van der Waals surface area contributed by atoms with Gasteiger partial charge >= 0.3 is 0 Å². The van der Waals surface area contributed by atoms with E-state index in [1.54, 1.807) is 23.1 Å². The monoisotopic (exact) mass is 296 g/mol. The lowest BCUT2D eigenvalue weighted by atomic mass is 10.1. The van der Waals surface area contributed by atoms with Gasteiger partial charge in [0, 0.05) is 17.8 Å². The van der Waals surface area contributed by atoms with Crippen molar-refractivity contribution in [2.75, 3.05) is 11.4 Å². The maximum atomic E-state index is 12.0. The largest absolute Gasteiger partial charge is 0.366 e. The Kier molecular flexibility index (Phi) is 3.47. The van der Waals surface area contributed by atoms with Crippen molar-refractivity contribution >= 4 is 33.4 Å². The van der Waals surface area contributed by atoms with Crippen LogP contribution in [0.2, 0.25) is 0 Å².